The van der Waals surface area contributed by atoms with Crippen molar-refractivity contribution >= 4 is 11.6 Å². The molecule has 0 aliphatic carbocycles. The summed E-state index contributed by atoms with van der Waals surface area (Å²) in [5, 5.41) is 6.38. The summed E-state index contributed by atoms with van der Waals surface area (Å²) in [4.78, 5) is 8.51. The van der Waals surface area contributed by atoms with Crippen molar-refractivity contribution in [3.63, 3.8) is 0 Å². The Balaban J connectivity index is 2.07. The normalized spacial score (nSPS) is 10.4. The molecule has 6 heteroatoms. The first-order valence-corrected chi connectivity index (χ1v) is 6.73. The van der Waals surface area contributed by atoms with Crippen molar-refractivity contribution in [1.82, 2.24) is 9.97 Å². The number of hydrogen-bond donors (Lipinski definition) is 2. The van der Waals surface area contributed by atoms with Crippen LogP contribution in [0.15, 0.2) is 12.4 Å². The van der Waals surface area contributed by atoms with Crippen molar-refractivity contribution < 1.29 is 9.47 Å². The maximum absolute atomic E-state index is 5.39. The molecular weight excluding hydrogens is 244 g/mol. The number of ether oxygens (including phenoxy) is 2. The zero-order valence-electron chi connectivity index (χ0n) is 11.8. The van der Waals surface area contributed by atoms with Gasteiger partial charge in [-0.05, 0) is 19.8 Å². The zero-order chi connectivity index (χ0) is 13.8. The predicted molar refractivity (Wildman–Crippen MR) is 76.6 cm³/mol. The molecule has 2 N–H and O–H groups in total. The van der Waals surface area contributed by atoms with Gasteiger partial charge in [0.2, 0.25) is 0 Å². The fourth-order valence-electron chi connectivity index (χ4n) is 1.51. The first-order valence-electron chi connectivity index (χ1n) is 6.73. The number of nitrogens with zero attached hydrogens (tertiary/aromatic N) is 2. The summed E-state index contributed by atoms with van der Waals surface area (Å²) < 4.78 is 10.3. The Kier molecular flexibility index (Phi) is 8.67. The molecule has 0 saturated carbocycles. The standard InChI is InChI=1S/C13H24N4O2/c1-3-15-12-10-14-11-13(17-12)16-6-4-5-7-19-9-8-18-2/h10-11H,3-9H2,1-2H3,(H2,15,16,17). The molecule has 0 spiro atoms. The molecule has 108 valence electrons. The fraction of sp³-hybridized carbons (Fsp3) is 0.692. The highest BCUT2D eigenvalue weighted by Crippen LogP contribution is 2.06. The average molecular weight is 268 g/mol. The first-order chi connectivity index (χ1) is 9.36. The van der Waals surface area contributed by atoms with Crippen molar-refractivity contribution in [2.24, 2.45) is 0 Å². The molecule has 0 saturated heterocycles. The number of aromatic nitrogens is 2. The van der Waals surface area contributed by atoms with Crippen LogP contribution in [0.25, 0.3) is 0 Å². The van der Waals surface area contributed by atoms with E-state index in [1.165, 1.54) is 0 Å². The van der Waals surface area contributed by atoms with Gasteiger partial charge in [0.05, 0.1) is 25.6 Å². The van der Waals surface area contributed by atoms with Crippen LogP contribution in [0.3, 0.4) is 0 Å². The highest BCUT2D eigenvalue weighted by atomic mass is 16.5. The lowest BCUT2D eigenvalue weighted by Gasteiger charge is -2.07. The highest BCUT2D eigenvalue weighted by Gasteiger charge is 1.97. The number of unbranched alkanes of at least 4 members (excludes halogenated alkanes) is 1. The van der Waals surface area contributed by atoms with Crippen molar-refractivity contribution in [1.29, 1.82) is 0 Å². The second-order valence-corrected chi connectivity index (χ2v) is 4.06. The molecule has 0 fully saturated rings. The fourth-order valence-corrected chi connectivity index (χ4v) is 1.51. The predicted octanol–water partition coefficient (Wildman–Crippen LogP) is 1.76. The number of methoxy groups -OCH3 is 1. The summed E-state index contributed by atoms with van der Waals surface area (Å²) in [6.07, 6.45) is 5.52. The molecule has 0 aromatic carbocycles. The molecule has 1 heterocycles. The first kappa shape index (κ1) is 15.7. The Morgan fingerprint density at radius 1 is 1.05 bits per heavy atom. The molecule has 1 aromatic rings. The molecule has 0 radical (unpaired) electrons. The maximum Gasteiger partial charge on any atom is 0.146 e. The molecule has 1 aromatic heterocycles. The third-order valence-corrected chi connectivity index (χ3v) is 2.45. The van der Waals surface area contributed by atoms with E-state index in [1.54, 1.807) is 19.5 Å². The van der Waals surface area contributed by atoms with Gasteiger partial charge in [0.1, 0.15) is 11.6 Å². The van der Waals surface area contributed by atoms with Crippen LogP contribution in [0.2, 0.25) is 0 Å². The van der Waals surface area contributed by atoms with E-state index in [2.05, 4.69) is 20.6 Å². The van der Waals surface area contributed by atoms with Gasteiger partial charge in [0, 0.05) is 26.8 Å². The smallest absolute Gasteiger partial charge is 0.146 e. The Morgan fingerprint density at radius 2 is 1.84 bits per heavy atom. The monoisotopic (exact) mass is 268 g/mol. The van der Waals surface area contributed by atoms with Gasteiger partial charge in [0.15, 0.2) is 0 Å². The molecule has 1 rings (SSSR count). The number of nitrogens with one attached hydrogen (secondary N) is 2. The van der Waals surface area contributed by atoms with Crippen molar-refractivity contribution in [2.75, 3.05) is 50.7 Å². The van der Waals surface area contributed by atoms with Crippen molar-refractivity contribution in [3.05, 3.63) is 12.4 Å². The lowest BCUT2D eigenvalue weighted by atomic mass is 10.3. The number of anilines is 2. The Hall–Kier alpha value is -1.40. The van der Waals surface area contributed by atoms with Crippen LogP contribution in [-0.2, 0) is 9.47 Å². The Labute approximate surface area is 114 Å². The highest BCUT2D eigenvalue weighted by molar-refractivity contribution is 5.41. The molecule has 0 bridgehead atoms. The van der Waals surface area contributed by atoms with Gasteiger partial charge in [-0.1, -0.05) is 0 Å². The SMILES string of the molecule is CCNc1cncc(NCCCCOCCOC)n1. The van der Waals surface area contributed by atoms with Crippen LogP contribution in [-0.4, -0.2) is 50.0 Å². The van der Waals surface area contributed by atoms with Gasteiger partial charge < -0.3 is 20.1 Å². The van der Waals surface area contributed by atoms with Crippen molar-refractivity contribution in [2.45, 2.75) is 19.8 Å². The second-order valence-electron chi connectivity index (χ2n) is 4.06. The Bertz CT molecular complexity index is 336. The van der Waals surface area contributed by atoms with Gasteiger partial charge in [-0.3, -0.25) is 4.98 Å². The molecule has 19 heavy (non-hydrogen) atoms. The zero-order valence-corrected chi connectivity index (χ0v) is 11.8. The Morgan fingerprint density at radius 3 is 2.58 bits per heavy atom. The van der Waals surface area contributed by atoms with Crippen LogP contribution in [0.1, 0.15) is 19.8 Å². The summed E-state index contributed by atoms with van der Waals surface area (Å²) >= 11 is 0. The van der Waals surface area contributed by atoms with E-state index in [9.17, 15) is 0 Å². The topological polar surface area (TPSA) is 68.3 Å². The third kappa shape index (κ3) is 7.58. The van der Waals surface area contributed by atoms with Crippen LogP contribution in [0.4, 0.5) is 11.6 Å². The summed E-state index contributed by atoms with van der Waals surface area (Å²) in [6.45, 7) is 5.85. The van der Waals surface area contributed by atoms with Crippen LogP contribution in [0, 0.1) is 0 Å². The van der Waals surface area contributed by atoms with Gasteiger partial charge in [-0.25, -0.2) is 4.98 Å². The van der Waals surface area contributed by atoms with E-state index in [4.69, 9.17) is 9.47 Å². The summed E-state index contributed by atoms with van der Waals surface area (Å²) in [6, 6.07) is 0. The molecule has 0 aliphatic rings. The van der Waals surface area contributed by atoms with E-state index in [1.807, 2.05) is 6.92 Å². The quantitative estimate of drug-likeness (QED) is 0.596. The van der Waals surface area contributed by atoms with E-state index >= 15 is 0 Å². The minimum absolute atomic E-state index is 0.658. The van der Waals surface area contributed by atoms with Crippen molar-refractivity contribution in [3.8, 4) is 0 Å². The summed E-state index contributed by atoms with van der Waals surface area (Å²) in [5.74, 6) is 1.61. The molecular formula is C13H24N4O2. The van der Waals surface area contributed by atoms with Crippen LogP contribution < -0.4 is 10.6 Å². The van der Waals surface area contributed by atoms with E-state index in [-0.39, 0.29) is 0 Å². The molecule has 0 atom stereocenters. The van der Waals surface area contributed by atoms with Gasteiger partial charge >= 0.3 is 0 Å². The largest absolute Gasteiger partial charge is 0.382 e. The number of rotatable bonds is 11. The van der Waals surface area contributed by atoms with E-state index < -0.39 is 0 Å². The lowest BCUT2D eigenvalue weighted by Crippen LogP contribution is -2.08. The van der Waals surface area contributed by atoms with E-state index in [0.717, 1.165) is 44.2 Å². The number of hydrogen-bond acceptors (Lipinski definition) is 6. The minimum Gasteiger partial charge on any atom is -0.382 e. The van der Waals surface area contributed by atoms with Gasteiger partial charge in [-0.15, -0.1) is 0 Å². The van der Waals surface area contributed by atoms with Crippen LogP contribution >= 0.6 is 0 Å². The lowest BCUT2D eigenvalue weighted by molar-refractivity contribution is 0.0691. The summed E-state index contributed by atoms with van der Waals surface area (Å²) in [7, 11) is 1.68. The minimum atomic E-state index is 0.658. The maximum atomic E-state index is 5.39. The van der Waals surface area contributed by atoms with Gasteiger partial charge in [0.25, 0.3) is 0 Å². The third-order valence-electron chi connectivity index (χ3n) is 2.45. The molecule has 0 aliphatic heterocycles. The average Bonchev–Trinajstić information content (AvgIpc) is 2.43. The van der Waals surface area contributed by atoms with Crippen LogP contribution in [0.5, 0.6) is 0 Å². The molecule has 6 nitrogen and oxygen atoms in total. The van der Waals surface area contributed by atoms with E-state index in [0.29, 0.717) is 13.2 Å². The molecule has 0 amide bonds. The molecule has 0 unspecified atom stereocenters. The van der Waals surface area contributed by atoms with Gasteiger partial charge in [-0.2, -0.15) is 0 Å². The summed E-state index contributed by atoms with van der Waals surface area (Å²) in [5.41, 5.74) is 0. The second kappa shape index (κ2) is 10.5.